The zero-order chi connectivity index (χ0) is 27.0. The average Bonchev–Trinajstić information content (AvgIpc) is 2.89. The molecule has 9 heteroatoms. The van der Waals surface area contributed by atoms with E-state index in [4.69, 9.17) is 4.74 Å². The smallest absolute Gasteiger partial charge is 0.256 e. The Kier molecular flexibility index (Phi) is 7.40. The van der Waals surface area contributed by atoms with Crippen LogP contribution in [0.4, 0.5) is 10.1 Å². The largest absolute Gasteiger partial charge is 0.451 e. The van der Waals surface area contributed by atoms with Gasteiger partial charge in [0.15, 0.2) is 17.3 Å². The Morgan fingerprint density at radius 1 is 1.13 bits per heavy atom. The highest BCUT2D eigenvalue weighted by molar-refractivity contribution is 6.01. The molecule has 3 heterocycles. The number of unbranched alkanes of at least 4 members (excludes halogenated alkanes) is 1. The quantitative estimate of drug-likeness (QED) is 0.356. The van der Waals surface area contributed by atoms with Crippen molar-refractivity contribution in [3.8, 4) is 17.2 Å². The third-order valence-electron chi connectivity index (χ3n) is 7.43. The molecule has 1 amide bonds. The number of amides is 1. The van der Waals surface area contributed by atoms with Gasteiger partial charge in [0.2, 0.25) is 5.43 Å². The van der Waals surface area contributed by atoms with Crippen molar-refractivity contribution in [2.45, 2.75) is 32.7 Å². The van der Waals surface area contributed by atoms with E-state index in [1.165, 1.54) is 6.07 Å². The van der Waals surface area contributed by atoms with E-state index in [1.54, 1.807) is 10.8 Å². The second-order valence-electron chi connectivity index (χ2n) is 10.6. The molecular formula is C29H36FN5O3. The molecule has 8 nitrogen and oxygen atoms in total. The van der Waals surface area contributed by atoms with Crippen molar-refractivity contribution >= 4 is 22.5 Å². The van der Waals surface area contributed by atoms with Crippen LogP contribution in [0.15, 0.2) is 41.3 Å². The Hall–Kier alpha value is -3.43. The Balaban J connectivity index is 1.56. The van der Waals surface area contributed by atoms with E-state index < -0.39 is 17.2 Å². The lowest BCUT2D eigenvalue weighted by atomic mass is 10.0. The molecule has 0 saturated carbocycles. The molecule has 0 radical (unpaired) electrons. The monoisotopic (exact) mass is 521 g/mol. The van der Waals surface area contributed by atoms with Crippen molar-refractivity contribution in [1.82, 2.24) is 19.7 Å². The van der Waals surface area contributed by atoms with E-state index >= 15 is 4.39 Å². The number of nitrogens with zero attached hydrogens (tertiary/aromatic N) is 4. The summed E-state index contributed by atoms with van der Waals surface area (Å²) >= 11 is 0. The van der Waals surface area contributed by atoms with Crippen molar-refractivity contribution in [3.63, 3.8) is 0 Å². The normalized spacial score (nSPS) is 15.2. The maximum Gasteiger partial charge on any atom is 0.256 e. The van der Waals surface area contributed by atoms with Gasteiger partial charge in [0.1, 0.15) is 16.8 Å². The number of fused-ring (bicyclic) bond motifs is 2. The number of nitrogens with one attached hydrogen (secondary N) is 1. The molecule has 1 fully saturated rings. The number of pyridine rings is 1. The number of hydrogen-bond donors (Lipinski definition) is 1. The number of piperazine rings is 1. The highest BCUT2D eigenvalue weighted by atomic mass is 19.1. The molecule has 202 valence electrons. The molecule has 2 aliphatic rings. The summed E-state index contributed by atoms with van der Waals surface area (Å²) in [5.74, 6) is -0.0998. The zero-order valence-corrected chi connectivity index (χ0v) is 22.6. The highest BCUT2D eigenvalue weighted by Crippen LogP contribution is 2.46. The Bertz CT molecular complexity index is 1410. The van der Waals surface area contributed by atoms with Crippen molar-refractivity contribution in [2.75, 3.05) is 58.3 Å². The van der Waals surface area contributed by atoms with Gasteiger partial charge in [-0.25, -0.2) is 4.39 Å². The second kappa shape index (κ2) is 10.7. The van der Waals surface area contributed by atoms with Gasteiger partial charge >= 0.3 is 0 Å². The van der Waals surface area contributed by atoms with Gasteiger partial charge in [0, 0.05) is 45.0 Å². The summed E-state index contributed by atoms with van der Waals surface area (Å²) in [4.78, 5) is 33.1. The minimum Gasteiger partial charge on any atom is -0.451 e. The first kappa shape index (κ1) is 26.2. The van der Waals surface area contributed by atoms with Gasteiger partial charge in [0.25, 0.3) is 5.91 Å². The topological polar surface area (TPSA) is 70.1 Å². The second-order valence-corrected chi connectivity index (χ2v) is 10.6. The summed E-state index contributed by atoms with van der Waals surface area (Å²) in [6.07, 6.45) is 3.31. The molecule has 0 bridgehead atoms. The fourth-order valence-corrected chi connectivity index (χ4v) is 5.32. The molecule has 0 aliphatic carbocycles. The molecule has 1 N–H and O–H groups in total. The van der Waals surface area contributed by atoms with Crippen molar-refractivity contribution < 1.29 is 13.9 Å². The summed E-state index contributed by atoms with van der Waals surface area (Å²) in [6.45, 7) is 8.63. The molecule has 38 heavy (non-hydrogen) atoms. The van der Waals surface area contributed by atoms with Gasteiger partial charge in [-0.15, -0.1) is 0 Å². The minimum absolute atomic E-state index is 0.00883. The fourth-order valence-electron chi connectivity index (χ4n) is 5.32. The minimum atomic E-state index is -0.519. The lowest BCUT2D eigenvalue weighted by molar-refractivity contribution is 0.0951. The van der Waals surface area contributed by atoms with Gasteiger partial charge in [-0.2, -0.15) is 0 Å². The summed E-state index contributed by atoms with van der Waals surface area (Å²) in [5.41, 5.74) is 1.04. The van der Waals surface area contributed by atoms with Crippen LogP contribution in [0.1, 0.15) is 37.0 Å². The van der Waals surface area contributed by atoms with Crippen molar-refractivity contribution in [2.24, 2.45) is 0 Å². The average molecular weight is 522 g/mol. The molecule has 1 saturated heterocycles. The van der Waals surface area contributed by atoms with Gasteiger partial charge in [-0.05, 0) is 65.5 Å². The first-order valence-electron chi connectivity index (χ1n) is 13.4. The number of ether oxygens (including phenoxy) is 1. The first-order chi connectivity index (χ1) is 18.3. The van der Waals surface area contributed by atoms with Crippen molar-refractivity contribution in [3.05, 3.63) is 58.1 Å². The van der Waals surface area contributed by atoms with Crippen LogP contribution in [0.3, 0.4) is 0 Å². The molecule has 5 rings (SSSR count). The van der Waals surface area contributed by atoms with E-state index in [2.05, 4.69) is 29.0 Å². The number of para-hydroxylation sites is 2. The lowest BCUT2D eigenvalue weighted by Gasteiger charge is -2.39. The zero-order valence-electron chi connectivity index (χ0n) is 22.6. The van der Waals surface area contributed by atoms with E-state index in [-0.39, 0.29) is 10.9 Å². The van der Waals surface area contributed by atoms with E-state index in [0.717, 1.165) is 32.5 Å². The Morgan fingerprint density at radius 3 is 2.58 bits per heavy atom. The summed E-state index contributed by atoms with van der Waals surface area (Å²) in [6, 6.07) is 9.10. The van der Waals surface area contributed by atoms with Crippen LogP contribution in [0.5, 0.6) is 11.5 Å². The van der Waals surface area contributed by atoms with Crippen LogP contribution in [0, 0.1) is 5.82 Å². The molecule has 0 unspecified atom stereocenters. The number of carbonyl (C=O) groups is 1. The van der Waals surface area contributed by atoms with Crippen LogP contribution in [0.25, 0.3) is 16.6 Å². The van der Waals surface area contributed by atoms with Gasteiger partial charge in [0.05, 0.1) is 11.1 Å². The standard InChI is InChI=1S/C29H36FN5O3/c1-19(2)33-13-15-34(16-14-33)26-22(30)17-20-25-28(26)38-24-10-6-5-9-23(24)35(25)18-21(27(20)36)29(37)31-11-7-8-12-32(3)4/h5-6,9-10,17-19H,7-8,11-16H2,1-4H3,(H,31,37). The fraction of sp³-hybridized carbons (Fsp3) is 0.448. The Morgan fingerprint density at radius 2 is 1.87 bits per heavy atom. The van der Waals surface area contributed by atoms with Gasteiger partial charge in [-0.1, -0.05) is 12.1 Å². The summed E-state index contributed by atoms with van der Waals surface area (Å²) in [5, 5.41) is 3.00. The maximum atomic E-state index is 15.8. The van der Waals surface area contributed by atoms with E-state index in [9.17, 15) is 9.59 Å². The maximum absolute atomic E-state index is 15.8. The highest BCUT2D eigenvalue weighted by Gasteiger charge is 2.31. The SMILES string of the molecule is CC(C)N1CCN(c2c(F)cc3c(=O)c(C(=O)NCCCCN(C)C)cn4c3c2Oc2ccccc2-4)CC1. The van der Waals surface area contributed by atoms with Crippen LogP contribution in [0.2, 0.25) is 0 Å². The molecule has 0 atom stereocenters. The summed E-state index contributed by atoms with van der Waals surface area (Å²) in [7, 11) is 4.01. The number of rotatable bonds is 8. The van der Waals surface area contributed by atoms with E-state index in [1.807, 2.05) is 43.3 Å². The van der Waals surface area contributed by atoms with Crippen molar-refractivity contribution in [1.29, 1.82) is 0 Å². The third-order valence-corrected chi connectivity index (χ3v) is 7.43. The number of carbonyl (C=O) groups excluding carboxylic acids is 1. The third kappa shape index (κ3) is 4.88. The predicted molar refractivity (Wildman–Crippen MR) is 149 cm³/mol. The van der Waals surface area contributed by atoms with Gasteiger partial charge < -0.3 is 24.4 Å². The number of halogens is 1. The predicted octanol–water partition coefficient (Wildman–Crippen LogP) is 3.84. The number of hydrogen-bond acceptors (Lipinski definition) is 6. The molecule has 1 aromatic heterocycles. The van der Waals surface area contributed by atoms with Crippen LogP contribution >= 0.6 is 0 Å². The Labute approximate surface area is 222 Å². The molecule has 3 aromatic rings. The molecule has 0 spiro atoms. The first-order valence-corrected chi connectivity index (χ1v) is 13.4. The molecule has 2 aliphatic heterocycles. The van der Waals surface area contributed by atoms with Gasteiger partial charge in [-0.3, -0.25) is 14.5 Å². The number of anilines is 1. The lowest BCUT2D eigenvalue weighted by Crippen LogP contribution is -2.49. The summed E-state index contributed by atoms with van der Waals surface area (Å²) < 4.78 is 23.9. The van der Waals surface area contributed by atoms with Crippen LogP contribution in [-0.2, 0) is 0 Å². The van der Waals surface area contributed by atoms with E-state index in [0.29, 0.717) is 54.1 Å². The number of benzene rings is 2. The van der Waals surface area contributed by atoms with Crippen LogP contribution < -0.4 is 20.4 Å². The molecular weight excluding hydrogens is 485 g/mol. The molecule has 2 aromatic carbocycles. The van der Waals surface area contributed by atoms with Crippen LogP contribution in [-0.4, -0.2) is 79.7 Å². The number of aromatic nitrogens is 1.